The molecule has 1 heterocycles. The summed E-state index contributed by atoms with van der Waals surface area (Å²) in [6.45, 7) is 4.27. The van der Waals surface area contributed by atoms with Gasteiger partial charge in [0.1, 0.15) is 0 Å². The summed E-state index contributed by atoms with van der Waals surface area (Å²) >= 11 is 7.13. The van der Waals surface area contributed by atoms with E-state index in [0.29, 0.717) is 22.5 Å². The van der Waals surface area contributed by atoms with E-state index >= 15 is 0 Å². The minimum Gasteiger partial charge on any atom is -0.369 e. The summed E-state index contributed by atoms with van der Waals surface area (Å²) in [5, 5.41) is 9.55. The van der Waals surface area contributed by atoms with Gasteiger partial charge in [0.2, 0.25) is 5.91 Å². The first-order chi connectivity index (χ1) is 9.61. The molecule has 7 heteroatoms. The van der Waals surface area contributed by atoms with Gasteiger partial charge >= 0.3 is 0 Å². The van der Waals surface area contributed by atoms with Crippen molar-refractivity contribution in [2.75, 3.05) is 5.75 Å². The molecule has 0 fully saturated rings. The third-order valence-electron chi connectivity index (χ3n) is 2.47. The van der Waals surface area contributed by atoms with Crippen LogP contribution in [0.5, 0.6) is 0 Å². The van der Waals surface area contributed by atoms with Gasteiger partial charge in [-0.1, -0.05) is 29.4 Å². The van der Waals surface area contributed by atoms with Gasteiger partial charge in [-0.05, 0) is 24.3 Å². The topological polar surface area (TPSA) is 73.8 Å². The SMILES string of the molecule is C=CCn1c(SCC(N)=O)nnc1-c1ccc(Cl)cc1. The van der Waals surface area contributed by atoms with Crippen molar-refractivity contribution >= 4 is 29.3 Å². The second kappa shape index (κ2) is 6.58. The normalized spacial score (nSPS) is 10.4. The lowest BCUT2D eigenvalue weighted by Crippen LogP contribution is -2.13. The van der Waals surface area contributed by atoms with Gasteiger partial charge in [-0.2, -0.15) is 0 Å². The number of hydrogen-bond donors (Lipinski definition) is 1. The van der Waals surface area contributed by atoms with E-state index in [0.717, 1.165) is 5.56 Å². The predicted molar refractivity (Wildman–Crippen MR) is 80.6 cm³/mol. The molecule has 0 aliphatic heterocycles. The number of aromatic nitrogens is 3. The van der Waals surface area contributed by atoms with Crippen LogP contribution in [0.25, 0.3) is 11.4 Å². The van der Waals surface area contributed by atoms with Crippen molar-refractivity contribution in [1.29, 1.82) is 0 Å². The molecule has 1 aromatic heterocycles. The van der Waals surface area contributed by atoms with E-state index in [1.165, 1.54) is 11.8 Å². The summed E-state index contributed by atoms with van der Waals surface area (Å²) in [7, 11) is 0. The van der Waals surface area contributed by atoms with Crippen LogP contribution in [0.15, 0.2) is 42.1 Å². The fourth-order valence-corrected chi connectivity index (χ4v) is 2.45. The maximum absolute atomic E-state index is 10.9. The Labute approximate surface area is 125 Å². The lowest BCUT2D eigenvalue weighted by Gasteiger charge is -2.07. The first kappa shape index (κ1) is 14.6. The van der Waals surface area contributed by atoms with Crippen LogP contribution in [0.3, 0.4) is 0 Å². The van der Waals surface area contributed by atoms with Crippen LogP contribution in [-0.2, 0) is 11.3 Å². The Morgan fingerprint density at radius 1 is 1.40 bits per heavy atom. The zero-order chi connectivity index (χ0) is 14.5. The highest BCUT2D eigenvalue weighted by Crippen LogP contribution is 2.25. The predicted octanol–water partition coefficient (Wildman–Crippen LogP) is 2.36. The van der Waals surface area contributed by atoms with E-state index in [-0.39, 0.29) is 5.75 Å². The first-order valence-corrected chi connectivity index (χ1v) is 7.19. The summed E-state index contributed by atoms with van der Waals surface area (Å²) in [6, 6.07) is 7.32. The lowest BCUT2D eigenvalue weighted by molar-refractivity contribution is -0.115. The second-order valence-electron chi connectivity index (χ2n) is 3.97. The highest BCUT2D eigenvalue weighted by Gasteiger charge is 2.14. The van der Waals surface area contributed by atoms with Gasteiger partial charge in [0.05, 0.1) is 5.75 Å². The number of carbonyl (C=O) groups excluding carboxylic acids is 1. The summed E-state index contributed by atoms with van der Waals surface area (Å²) in [4.78, 5) is 10.9. The minimum atomic E-state index is -0.392. The Kier molecular flexibility index (Phi) is 4.81. The fraction of sp³-hybridized carbons (Fsp3) is 0.154. The standard InChI is InChI=1S/C13H13ClN4OS/c1-2-7-18-12(9-3-5-10(14)6-4-9)16-17-13(18)20-8-11(15)19/h2-6H,1,7-8H2,(H2,15,19). The molecular weight excluding hydrogens is 296 g/mol. The van der Waals surface area contributed by atoms with Gasteiger partial charge in [-0.3, -0.25) is 9.36 Å². The van der Waals surface area contributed by atoms with Crippen molar-refractivity contribution in [2.24, 2.45) is 5.73 Å². The van der Waals surface area contributed by atoms with Crippen LogP contribution < -0.4 is 5.73 Å². The van der Waals surface area contributed by atoms with Crippen LogP contribution in [0.2, 0.25) is 5.02 Å². The highest BCUT2D eigenvalue weighted by atomic mass is 35.5. The minimum absolute atomic E-state index is 0.163. The highest BCUT2D eigenvalue weighted by molar-refractivity contribution is 7.99. The smallest absolute Gasteiger partial charge is 0.227 e. The van der Waals surface area contributed by atoms with Crippen LogP contribution >= 0.6 is 23.4 Å². The molecular formula is C13H13ClN4OS. The average Bonchev–Trinajstić information content (AvgIpc) is 2.81. The molecule has 0 unspecified atom stereocenters. The van der Waals surface area contributed by atoms with Crippen LogP contribution in [0.4, 0.5) is 0 Å². The number of nitrogens with two attached hydrogens (primary N) is 1. The molecule has 0 aliphatic carbocycles. The number of hydrogen-bond acceptors (Lipinski definition) is 4. The van der Waals surface area contributed by atoms with E-state index in [9.17, 15) is 4.79 Å². The van der Waals surface area contributed by atoms with Gasteiger partial charge in [0, 0.05) is 17.1 Å². The zero-order valence-corrected chi connectivity index (χ0v) is 12.2. The number of nitrogens with zero attached hydrogens (tertiary/aromatic N) is 3. The molecule has 5 nitrogen and oxygen atoms in total. The third-order valence-corrected chi connectivity index (χ3v) is 3.72. The van der Waals surface area contributed by atoms with E-state index in [4.69, 9.17) is 17.3 Å². The van der Waals surface area contributed by atoms with E-state index in [2.05, 4.69) is 16.8 Å². The number of primary amides is 1. The van der Waals surface area contributed by atoms with Gasteiger partial charge in [0.25, 0.3) is 0 Å². The molecule has 104 valence electrons. The molecule has 1 amide bonds. The number of thioether (sulfide) groups is 1. The molecule has 2 rings (SSSR count). The molecule has 0 spiro atoms. The second-order valence-corrected chi connectivity index (χ2v) is 5.35. The monoisotopic (exact) mass is 308 g/mol. The number of carbonyl (C=O) groups is 1. The molecule has 1 aromatic carbocycles. The van der Waals surface area contributed by atoms with Crippen molar-refractivity contribution in [3.05, 3.63) is 41.9 Å². The molecule has 0 saturated heterocycles. The maximum Gasteiger partial charge on any atom is 0.227 e. The Morgan fingerprint density at radius 3 is 2.70 bits per heavy atom. The molecule has 0 bridgehead atoms. The molecule has 2 aromatic rings. The van der Waals surface area contributed by atoms with Crippen molar-refractivity contribution in [3.8, 4) is 11.4 Å². The van der Waals surface area contributed by atoms with Crippen molar-refractivity contribution in [1.82, 2.24) is 14.8 Å². The summed E-state index contributed by atoms with van der Waals surface area (Å²) in [5.41, 5.74) is 6.04. The van der Waals surface area contributed by atoms with Gasteiger partial charge in [0.15, 0.2) is 11.0 Å². The molecule has 20 heavy (non-hydrogen) atoms. The Hall–Kier alpha value is -1.79. The number of rotatable bonds is 6. The van der Waals surface area contributed by atoms with Gasteiger partial charge in [-0.15, -0.1) is 16.8 Å². The first-order valence-electron chi connectivity index (χ1n) is 5.83. The van der Waals surface area contributed by atoms with Crippen molar-refractivity contribution in [2.45, 2.75) is 11.7 Å². The molecule has 0 atom stereocenters. The maximum atomic E-state index is 10.9. The molecule has 0 saturated carbocycles. The van der Waals surface area contributed by atoms with Gasteiger partial charge < -0.3 is 5.73 Å². The molecule has 0 aliphatic rings. The van der Waals surface area contributed by atoms with Crippen LogP contribution in [0, 0.1) is 0 Å². The Bertz CT molecular complexity index is 624. The van der Waals surface area contributed by atoms with Crippen LogP contribution in [-0.4, -0.2) is 26.4 Å². The zero-order valence-electron chi connectivity index (χ0n) is 10.6. The Balaban J connectivity index is 2.35. The summed E-state index contributed by atoms with van der Waals surface area (Å²) < 4.78 is 1.88. The van der Waals surface area contributed by atoms with Gasteiger partial charge in [-0.25, -0.2) is 0 Å². The van der Waals surface area contributed by atoms with E-state index in [1.54, 1.807) is 18.2 Å². The molecule has 0 radical (unpaired) electrons. The number of halogens is 1. The van der Waals surface area contributed by atoms with E-state index < -0.39 is 5.91 Å². The largest absolute Gasteiger partial charge is 0.369 e. The van der Waals surface area contributed by atoms with Crippen molar-refractivity contribution in [3.63, 3.8) is 0 Å². The van der Waals surface area contributed by atoms with Crippen molar-refractivity contribution < 1.29 is 4.79 Å². The van der Waals surface area contributed by atoms with Crippen LogP contribution in [0.1, 0.15) is 0 Å². The molecule has 2 N–H and O–H groups in total. The number of allylic oxidation sites excluding steroid dienone is 1. The number of benzene rings is 1. The summed E-state index contributed by atoms with van der Waals surface area (Å²) in [5.74, 6) is 0.473. The van der Waals surface area contributed by atoms with E-state index in [1.807, 2.05) is 16.7 Å². The Morgan fingerprint density at radius 2 is 2.10 bits per heavy atom. The third kappa shape index (κ3) is 3.40. The number of amides is 1. The lowest BCUT2D eigenvalue weighted by atomic mass is 10.2. The summed E-state index contributed by atoms with van der Waals surface area (Å²) in [6.07, 6.45) is 1.75. The average molecular weight is 309 g/mol. The quantitative estimate of drug-likeness (QED) is 0.656. The fourth-order valence-electron chi connectivity index (χ4n) is 1.64.